The van der Waals surface area contributed by atoms with Crippen LogP contribution >= 0.6 is 9.90 Å². The maximum absolute atomic E-state index is 11.6. The molecule has 4 atom stereocenters. The SMILES string of the molecule is CC1CC(CO)OC1n1ccc(N)nc1=O.P. The summed E-state index contributed by atoms with van der Waals surface area (Å²) in [4.78, 5) is 15.2. The van der Waals surface area contributed by atoms with Gasteiger partial charge in [-0.3, -0.25) is 4.57 Å². The van der Waals surface area contributed by atoms with Crippen molar-refractivity contribution in [3.05, 3.63) is 22.7 Å². The van der Waals surface area contributed by atoms with Crippen LogP contribution in [0.4, 0.5) is 5.82 Å². The number of nitrogen functional groups attached to an aromatic ring is 1. The number of anilines is 1. The molecule has 0 bridgehead atoms. The normalized spacial score (nSPS) is 27.8. The highest BCUT2D eigenvalue weighted by Crippen LogP contribution is 2.32. The minimum absolute atomic E-state index is 0. The second-order valence-corrected chi connectivity index (χ2v) is 4.09. The number of hydrogen-bond acceptors (Lipinski definition) is 5. The monoisotopic (exact) mass is 259 g/mol. The Labute approximate surface area is 102 Å². The van der Waals surface area contributed by atoms with Gasteiger partial charge in [0.25, 0.3) is 0 Å². The Bertz CT molecular complexity index is 437. The number of nitrogens with two attached hydrogens (primary N) is 1. The fourth-order valence-electron chi connectivity index (χ4n) is 1.99. The van der Waals surface area contributed by atoms with E-state index in [4.69, 9.17) is 15.6 Å². The van der Waals surface area contributed by atoms with Crippen LogP contribution in [0, 0.1) is 5.92 Å². The van der Waals surface area contributed by atoms with Gasteiger partial charge >= 0.3 is 5.69 Å². The van der Waals surface area contributed by atoms with Crippen molar-refractivity contribution >= 4 is 15.7 Å². The molecule has 1 aromatic rings. The van der Waals surface area contributed by atoms with Gasteiger partial charge in [-0.1, -0.05) is 6.92 Å². The number of nitrogens with zero attached hydrogens (tertiary/aromatic N) is 2. The summed E-state index contributed by atoms with van der Waals surface area (Å²) in [6, 6.07) is 1.56. The van der Waals surface area contributed by atoms with Crippen LogP contribution in [-0.4, -0.2) is 27.4 Å². The van der Waals surface area contributed by atoms with Gasteiger partial charge in [-0.05, 0) is 12.5 Å². The molecular formula is C10H18N3O3P. The van der Waals surface area contributed by atoms with E-state index in [1.807, 2.05) is 6.92 Å². The summed E-state index contributed by atoms with van der Waals surface area (Å²) in [6.45, 7) is 1.95. The van der Waals surface area contributed by atoms with Crippen molar-refractivity contribution < 1.29 is 9.84 Å². The number of hydrogen-bond donors (Lipinski definition) is 2. The van der Waals surface area contributed by atoms with Gasteiger partial charge in [0, 0.05) is 12.1 Å². The highest BCUT2D eigenvalue weighted by molar-refractivity contribution is 6.92. The minimum Gasteiger partial charge on any atom is -0.394 e. The van der Waals surface area contributed by atoms with Crippen LogP contribution in [-0.2, 0) is 4.74 Å². The standard InChI is InChI=1S/C10H15N3O3.H3P/c1-6-4-7(5-14)16-9(6)13-3-2-8(11)12-10(13)15;/h2-3,6-7,9,14H,4-5H2,1H3,(H2,11,12,15);1H3. The Hall–Kier alpha value is -0.970. The van der Waals surface area contributed by atoms with Gasteiger partial charge in [0.2, 0.25) is 0 Å². The summed E-state index contributed by atoms with van der Waals surface area (Å²) in [6.07, 6.45) is 1.74. The zero-order valence-corrected chi connectivity index (χ0v) is 11.2. The van der Waals surface area contributed by atoms with E-state index in [2.05, 4.69) is 4.98 Å². The maximum atomic E-state index is 11.6. The molecule has 7 heteroatoms. The molecular weight excluding hydrogens is 241 g/mol. The second-order valence-electron chi connectivity index (χ2n) is 4.09. The van der Waals surface area contributed by atoms with Crippen molar-refractivity contribution in [3.8, 4) is 0 Å². The maximum Gasteiger partial charge on any atom is 0.351 e. The lowest BCUT2D eigenvalue weighted by atomic mass is 10.1. The Balaban J connectivity index is 0.00000144. The average Bonchev–Trinajstić information content (AvgIpc) is 2.60. The molecule has 17 heavy (non-hydrogen) atoms. The van der Waals surface area contributed by atoms with Gasteiger partial charge in [0.1, 0.15) is 12.0 Å². The van der Waals surface area contributed by atoms with E-state index in [0.717, 1.165) is 6.42 Å². The van der Waals surface area contributed by atoms with Crippen LogP contribution in [0.2, 0.25) is 0 Å². The molecule has 0 saturated carbocycles. The van der Waals surface area contributed by atoms with Gasteiger partial charge < -0.3 is 15.6 Å². The van der Waals surface area contributed by atoms with Crippen molar-refractivity contribution in [2.45, 2.75) is 25.7 Å². The van der Waals surface area contributed by atoms with Crippen molar-refractivity contribution in [1.29, 1.82) is 0 Å². The predicted octanol–water partition coefficient (Wildman–Crippen LogP) is -0.200. The smallest absolute Gasteiger partial charge is 0.351 e. The van der Waals surface area contributed by atoms with Crippen LogP contribution in [0.25, 0.3) is 0 Å². The summed E-state index contributed by atoms with van der Waals surface area (Å²) in [5, 5.41) is 9.01. The summed E-state index contributed by atoms with van der Waals surface area (Å²) < 4.78 is 6.98. The molecule has 3 N–H and O–H groups in total. The molecule has 2 heterocycles. The molecule has 96 valence electrons. The molecule has 0 aliphatic carbocycles. The highest BCUT2D eigenvalue weighted by atomic mass is 31.0. The third kappa shape index (κ3) is 2.83. The Morgan fingerprint density at radius 1 is 1.71 bits per heavy atom. The van der Waals surface area contributed by atoms with Gasteiger partial charge in [0.05, 0.1) is 12.7 Å². The molecule has 1 aromatic heterocycles. The second kappa shape index (κ2) is 5.58. The molecule has 4 unspecified atom stereocenters. The molecule has 1 aliphatic rings. The van der Waals surface area contributed by atoms with Crippen molar-refractivity contribution in [3.63, 3.8) is 0 Å². The van der Waals surface area contributed by atoms with Crippen LogP contribution in [0.5, 0.6) is 0 Å². The minimum atomic E-state index is -0.421. The van der Waals surface area contributed by atoms with Crippen molar-refractivity contribution in [2.24, 2.45) is 5.92 Å². The van der Waals surface area contributed by atoms with Crippen LogP contribution in [0.15, 0.2) is 17.1 Å². The molecule has 1 saturated heterocycles. The fraction of sp³-hybridized carbons (Fsp3) is 0.600. The van der Waals surface area contributed by atoms with Gasteiger partial charge in [-0.25, -0.2) is 4.79 Å². The van der Waals surface area contributed by atoms with E-state index in [1.54, 1.807) is 12.3 Å². The summed E-state index contributed by atoms with van der Waals surface area (Å²) in [5.41, 5.74) is 4.99. The fourth-order valence-corrected chi connectivity index (χ4v) is 1.99. The molecule has 1 fully saturated rings. The number of aliphatic hydroxyl groups excluding tert-OH is 1. The summed E-state index contributed by atoms with van der Waals surface area (Å²) in [7, 11) is 0. The summed E-state index contributed by atoms with van der Waals surface area (Å²) in [5.74, 6) is 0.367. The van der Waals surface area contributed by atoms with Crippen molar-refractivity contribution in [2.75, 3.05) is 12.3 Å². The van der Waals surface area contributed by atoms with Gasteiger partial charge in [-0.2, -0.15) is 14.9 Å². The van der Waals surface area contributed by atoms with E-state index in [9.17, 15) is 4.79 Å². The predicted molar refractivity (Wildman–Crippen MR) is 68.8 cm³/mol. The van der Waals surface area contributed by atoms with Crippen molar-refractivity contribution in [1.82, 2.24) is 9.55 Å². The lowest BCUT2D eigenvalue weighted by Crippen LogP contribution is -2.29. The largest absolute Gasteiger partial charge is 0.394 e. The lowest BCUT2D eigenvalue weighted by Gasteiger charge is -2.17. The molecule has 0 amide bonds. The lowest BCUT2D eigenvalue weighted by molar-refractivity contribution is -0.0335. The number of rotatable bonds is 2. The first kappa shape index (κ1) is 14.1. The first-order chi connectivity index (χ1) is 7.61. The number of aliphatic hydroxyl groups is 1. The molecule has 0 spiro atoms. The highest BCUT2D eigenvalue weighted by Gasteiger charge is 2.33. The van der Waals surface area contributed by atoms with E-state index < -0.39 is 5.69 Å². The Morgan fingerprint density at radius 2 is 2.41 bits per heavy atom. The van der Waals surface area contributed by atoms with Gasteiger partial charge in [0.15, 0.2) is 0 Å². The average molecular weight is 259 g/mol. The zero-order valence-electron chi connectivity index (χ0n) is 9.74. The van der Waals surface area contributed by atoms with E-state index >= 15 is 0 Å². The topological polar surface area (TPSA) is 90.4 Å². The van der Waals surface area contributed by atoms with E-state index in [0.29, 0.717) is 0 Å². The summed E-state index contributed by atoms with van der Waals surface area (Å²) >= 11 is 0. The Kier molecular flexibility index (Phi) is 4.62. The molecule has 6 nitrogen and oxygen atoms in total. The first-order valence-electron chi connectivity index (χ1n) is 5.23. The van der Waals surface area contributed by atoms with Crippen LogP contribution in [0.1, 0.15) is 19.6 Å². The number of aromatic nitrogens is 2. The van der Waals surface area contributed by atoms with E-state index in [1.165, 1.54) is 4.57 Å². The van der Waals surface area contributed by atoms with E-state index in [-0.39, 0.29) is 40.6 Å². The van der Waals surface area contributed by atoms with Crippen LogP contribution in [0.3, 0.4) is 0 Å². The number of ether oxygens (including phenoxy) is 1. The molecule has 1 aliphatic heterocycles. The third-order valence-corrected chi connectivity index (χ3v) is 2.78. The quantitative estimate of drug-likeness (QED) is 0.718. The molecule has 0 aromatic carbocycles. The van der Waals surface area contributed by atoms with Gasteiger partial charge in [-0.15, -0.1) is 0 Å². The third-order valence-electron chi connectivity index (χ3n) is 2.78. The van der Waals surface area contributed by atoms with Crippen LogP contribution < -0.4 is 11.4 Å². The first-order valence-corrected chi connectivity index (χ1v) is 5.23. The Morgan fingerprint density at radius 3 is 2.94 bits per heavy atom. The zero-order chi connectivity index (χ0) is 11.7. The molecule has 0 radical (unpaired) electrons. The molecule has 2 rings (SSSR count).